The Kier molecular flexibility index (Phi) is 4.29. The number of rotatable bonds is 4. The summed E-state index contributed by atoms with van der Waals surface area (Å²) in [6.45, 7) is 5.02. The van der Waals surface area contributed by atoms with Crippen LogP contribution in [0.15, 0.2) is 33.2 Å². The van der Waals surface area contributed by atoms with Crippen molar-refractivity contribution in [2.75, 3.05) is 13.2 Å². The van der Waals surface area contributed by atoms with Crippen molar-refractivity contribution >= 4 is 65.0 Å². The van der Waals surface area contributed by atoms with Crippen LogP contribution >= 0.6 is 31.9 Å². The summed E-state index contributed by atoms with van der Waals surface area (Å²) >= 11 is 7.12. The molecule has 7 heteroatoms. The van der Waals surface area contributed by atoms with Crippen LogP contribution in [0.1, 0.15) is 13.8 Å². The molecule has 25 heavy (non-hydrogen) atoms. The zero-order valence-corrected chi connectivity index (χ0v) is 16.9. The Hall–Kier alpha value is -1.86. The van der Waals surface area contributed by atoms with Crippen LogP contribution in [0.3, 0.4) is 0 Å². The highest BCUT2D eigenvalue weighted by Gasteiger charge is 2.14. The van der Waals surface area contributed by atoms with Gasteiger partial charge in [0.05, 0.1) is 29.8 Å². The average molecular weight is 465 g/mol. The fourth-order valence-corrected chi connectivity index (χ4v) is 4.21. The molecule has 5 nitrogen and oxygen atoms in total. The molecule has 0 atom stereocenters. The Bertz CT molecular complexity index is 1110. The van der Waals surface area contributed by atoms with Crippen molar-refractivity contribution in [2.24, 2.45) is 0 Å². The number of halogens is 2. The number of benzene rings is 2. The van der Waals surface area contributed by atoms with Gasteiger partial charge in [0.2, 0.25) is 0 Å². The summed E-state index contributed by atoms with van der Waals surface area (Å²) in [6.07, 6.45) is 0. The van der Waals surface area contributed by atoms with Gasteiger partial charge in [-0.2, -0.15) is 0 Å². The van der Waals surface area contributed by atoms with Crippen LogP contribution in [-0.4, -0.2) is 28.2 Å². The molecule has 2 aromatic heterocycles. The number of aromatic nitrogens is 3. The van der Waals surface area contributed by atoms with Crippen LogP contribution in [0.5, 0.6) is 11.5 Å². The topological polar surface area (TPSA) is 60.0 Å². The van der Waals surface area contributed by atoms with Crippen molar-refractivity contribution in [1.29, 1.82) is 0 Å². The highest BCUT2D eigenvalue weighted by Crippen LogP contribution is 2.35. The number of aromatic amines is 1. The second kappa shape index (κ2) is 6.46. The van der Waals surface area contributed by atoms with E-state index in [1.165, 1.54) is 0 Å². The van der Waals surface area contributed by atoms with Crippen molar-refractivity contribution < 1.29 is 9.47 Å². The molecular weight excluding hydrogens is 450 g/mol. The van der Waals surface area contributed by atoms with Crippen molar-refractivity contribution in [2.45, 2.75) is 13.8 Å². The summed E-state index contributed by atoms with van der Waals surface area (Å²) < 4.78 is 13.3. The smallest absolute Gasteiger partial charge is 0.163 e. The summed E-state index contributed by atoms with van der Waals surface area (Å²) in [5.41, 5.74) is 4.09. The van der Waals surface area contributed by atoms with Crippen LogP contribution in [-0.2, 0) is 0 Å². The Morgan fingerprint density at radius 3 is 2.20 bits per heavy atom. The molecule has 0 radical (unpaired) electrons. The zero-order chi connectivity index (χ0) is 17.6. The van der Waals surface area contributed by atoms with Gasteiger partial charge in [-0.05, 0) is 41.9 Å². The standard InChI is InChI=1S/C18H15Br2N3O2/c1-3-24-14-7-12-13(8-15(14)25-4-2)22-18-17(21-12)10-5-9(19)6-11(20)16(10)23-18/h5-8H,3-4H2,1-2H3,(H,22,23). The van der Waals surface area contributed by atoms with E-state index in [1.807, 2.05) is 38.1 Å². The van der Waals surface area contributed by atoms with Crippen LogP contribution in [0.25, 0.3) is 33.1 Å². The quantitative estimate of drug-likeness (QED) is 0.427. The van der Waals surface area contributed by atoms with Crippen molar-refractivity contribution in [3.05, 3.63) is 33.2 Å². The van der Waals surface area contributed by atoms with Gasteiger partial charge in [0.25, 0.3) is 0 Å². The molecule has 0 spiro atoms. The van der Waals surface area contributed by atoms with Gasteiger partial charge >= 0.3 is 0 Å². The van der Waals surface area contributed by atoms with Crippen LogP contribution < -0.4 is 9.47 Å². The third-order valence-electron chi connectivity index (χ3n) is 3.88. The Labute approximate surface area is 161 Å². The summed E-state index contributed by atoms with van der Waals surface area (Å²) in [5.74, 6) is 1.37. The van der Waals surface area contributed by atoms with Gasteiger partial charge in [-0.25, -0.2) is 9.97 Å². The lowest BCUT2D eigenvalue weighted by molar-refractivity contribution is 0.288. The van der Waals surface area contributed by atoms with Crippen LogP contribution in [0, 0.1) is 0 Å². The van der Waals surface area contributed by atoms with E-state index in [1.54, 1.807) is 0 Å². The van der Waals surface area contributed by atoms with E-state index in [4.69, 9.17) is 19.4 Å². The molecule has 1 N–H and O–H groups in total. The molecule has 0 fully saturated rings. The number of hydrogen-bond donors (Lipinski definition) is 1. The highest BCUT2D eigenvalue weighted by atomic mass is 79.9. The van der Waals surface area contributed by atoms with Crippen molar-refractivity contribution in [3.8, 4) is 11.5 Å². The fraction of sp³-hybridized carbons (Fsp3) is 0.222. The molecule has 0 aliphatic heterocycles. The van der Waals surface area contributed by atoms with Crippen LogP contribution in [0.2, 0.25) is 0 Å². The second-order valence-electron chi connectivity index (χ2n) is 5.51. The third kappa shape index (κ3) is 2.85. The molecule has 2 heterocycles. The lowest BCUT2D eigenvalue weighted by Crippen LogP contribution is -1.99. The summed E-state index contributed by atoms with van der Waals surface area (Å²) in [7, 11) is 0. The van der Waals surface area contributed by atoms with E-state index in [2.05, 4.69) is 36.8 Å². The average Bonchev–Trinajstić information content (AvgIpc) is 2.92. The molecule has 0 saturated heterocycles. The molecule has 2 aromatic carbocycles. The van der Waals surface area contributed by atoms with E-state index in [-0.39, 0.29) is 0 Å². The number of nitrogens with one attached hydrogen (secondary N) is 1. The molecule has 0 bridgehead atoms. The zero-order valence-electron chi connectivity index (χ0n) is 13.7. The minimum atomic E-state index is 0.564. The molecule has 0 saturated carbocycles. The van der Waals surface area contributed by atoms with Gasteiger partial charge < -0.3 is 14.5 Å². The normalized spacial score (nSPS) is 11.5. The third-order valence-corrected chi connectivity index (χ3v) is 4.97. The first kappa shape index (κ1) is 16.6. The molecule has 0 aliphatic carbocycles. The number of H-pyrrole nitrogens is 1. The SMILES string of the molecule is CCOc1cc2nc3[nH]c4c(Br)cc(Br)cc4c3nc2cc1OCC. The van der Waals surface area contributed by atoms with Gasteiger partial charge in [0.15, 0.2) is 17.1 Å². The maximum absolute atomic E-state index is 5.70. The maximum Gasteiger partial charge on any atom is 0.163 e. The van der Waals surface area contributed by atoms with Gasteiger partial charge in [-0.1, -0.05) is 15.9 Å². The molecule has 4 rings (SSSR count). The van der Waals surface area contributed by atoms with Gasteiger partial charge in [0.1, 0.15) is 5.52 Å². The monoisotopic (exact) mass is 463 g/mol. The minimum absolute atomic E-state index is 0.564. The lowest BCUT2D eigenvalue weighted by atomic mass is 10.2. The first-order chi connectivity index (χ1) is 12.1. The molecule has 0 amide bonds. The molecule has 128 valence electrons. The first-order valence-corrected chi connectivity index (χ1v) is 9.57. The molecule has 4 aromatic rings. The van der Waals surface area contributed by atoms with E-state index in [0.717, 1.165) is 42.0 Å². The Morgan fingerprint density at radius 1 is 0.920 bits per heavy atom. The van der Waals surface area contributed by atoms with Crippen molar-refractivity contribution in [3.63, 3.8) is 0 Å². The number of ether oxygens (including phenoxy) is 2. The number of hydrogen-bond acceptors (Lipinski definition) is 4. The lowest BCUT2D eigenvalue weighted by Gasteiger charge is -2.11. The highest BCUT2D eigenvalue weighted by molar-refractivity contribution is 9.11. The number of nitrogens with zero attached hydrogens (tertiary/aromatic N) is 2. The Balaban J connectivity index is 2.03. The van der Waals surface area contributed by atoms with Crippen LogP contribution in [0.4, 0.5) is 0 Å². The van der Waals surface area contributed by atoms with E-state index >= 15 is 0 Å². The number of fused-ring (bicyclic) bond motifs is 4. The molecule has 0 unspecified atom stereocenters. The predicted octanol–water partition coefficient (Wildman–Crippen LogP) is 5.59. The van der Waals surface area contributed by atoms with E-state index in [9.17, 15) is 0 Å². The fourth-order valence-electron chi connectivity index (χ4n) is 2.88. The summed E-state index contributed by atoms with van der Waals surface area (Å²) in [5, 5.41) is 1.01. The van der Waals surface area contributed by atoms with Gasteiger partial charge in [-0.3, -0.25) is 0 Å². The van der Waals surface area contributed by atoms with E-state index in [0.29, 0.717) is 24.7 Å². The Morgan fingerprint density at radius 2 is 1.56 bits per heavy atom. The van der Waals surface area contributed by atoms with Crippen molar-refractivity contribution in [1.82, 2.24) is 15.0 Å². The van der Waals surface area contributed by atoms with E-state index < -0.39 is 0 Å². The second-order valence-corrected chi connectivity index (χ2v) is 7.28. The first-order valence-electron chi connectivity index (χ1n) is 7.98. The molecule has 0 aliphatic rings. The van der Waals surface area contributed by atoms with Gasteiger partial charge in [0, 0.05) is 26.5 Å². The largest absolute Gasteiger partial charge is 0.490 e. The minimum Gasteiger partial charge on any atom is -0.490 e. The maximum atomic E-state index is 5.70. The summed E-state index contributed by atoms with van der Waals surface area (Å²) in [6, 6.07) is 7.81. The summed E-state index contributed by atoms with van der Waals surface area (Å²) in [4.78, 5) is 12.9. The molecular formula is C18H15Br2N3O2. The predicted molar refractivity (Wildman–Crippen MR) is 107 cm³/mol. The van der Waals surface area contributed by atoms with Gasteiger partial charge in [-0.15, -0.1) is 0 Å².